The van der Waals surface area contributed by atoms with Gasteiger partial charge >= 0.3 is 0 Å². The minimum absolute atomic E-state index is 0.0660. The van der Waals surface area contributed by atoms with Crippen LogP contribution in [-0.2, 0) is 53.4 Å². The van der Waals surface area contributed by atoms with Gasteiger partial charge in [-0.05, 0) is 45.6 Å². The third-order valence-corrected chi connectivity index (χ3v) is 9.17. The van der Waals surface area contributed by atoms with Gasteiger partial charge < -0.3 is 28.4 Å². The highest BCUT2D eigenvalue weighted by molar-refractivity contribution is 5.53. The predicted octanol–water partition coefficient (Wildman–Crippen LogP) is 8.25. The summed E-state index contributed by atoms with van der Waals surface area (Å²) >= 11 is 0. The Labute approximate surface area is 279 Å². The number of methoxy groups -OCH3 is 2. The Kier molecular flexibility index (Phi) is 11.0. The molecular weight excluding hydrogens is 576 g/mol. The van der Waals surface area contributed by atoms with Crippen molar-refractivity contribution in [1.82, 2.24) is 0 Å². The maximum absolute atomic E-state index is 6.64. The topological polar surface area (TPSA) is 62.0 Å². The summed E-state index contributed by atoms with van der Waals surface area (Å²) in [5.41, 5.74) is 7.26. The fourth-order valence-electron chi connectivity index (χ4n) is 6.02. The van der Waals surface area contributed by atoms with Gasteiger partial charge in [-0.25, -0.2) is 0 Å². The molecule has 2 aliphatic rings. The minimum atomic E-state index is -0.0899. The number of rotatable bonds is 13. The standard InChI is InChI=1S/C40H62O6/c1-37(2,3)27-17-25(18-28(38(4,5)6)35(27)45-21-31(41-13)33-23-43-33)15-16-26-19-29(39(7,8)9)36(30(20-26)40(10,11)12)46-22-32(42-14)34-24-44-34/h17-20,31-34H,15-16,21-24H2,1-14H3. The molecule has 0 aromatic heterocycles. The lowest BCUT2D eigenvalue weighted by Gasteiger charge is -2.32. The molecule has 0 radical (unpaired) electrons. The van der Waals surface area contributed by atoms with Crippen molar-refractivity contribution in [3.8, 4) is 11.5 Å². The van der Waals surface area contributed by atoms with Gasteiger partial charge in [0, 0.05) is 36.5 Å². The third-order valence-electron chi connectivity index (χ3n) is 9.17. The van der Waals surface area contributed by atoms with Crippen molar-refractivity contribution in [3.63, 3.8) is 0 Å². The highest BCUT2D eigenvalue weighted by Crippen LogP contribution is 2.43. The Balaban J connectivity index is 1.69. The van der Waals surface area contributed by atoms with E-state index in [4.69, 9.17) is 28.4 Å². The summed E-state index contributed by atoms with van der Waals surface area (Å²) in [4.78, 5) is 0. The molecule has 4 atom stereocenters. The number of epoxide rings is 2. The van der Waals surface area contributed by atoms with E-state index in [1.54, 1.807) is 14.2 Å². The largest absolute Gasteiger partial charge is 0.490 e. The van der Waals surface area contributed by atoms with Gasteiger partial charge in [0.15, 0.2) is 0 Å². The van der Waals surface area contributed by atoms with E-state index in [2.05, 4.69) is 107 Å². The average Bonchev–Trinajstić information content (AvgIpc) is 3.85. The first-order chi connectivity index (χ1) is 21.2. The summed E-state index contributed by atoms with van der Waals surface area (Å²) < 4.78 is 35.7. The molecule has 6 heteroatoms. The fourth-order valence-corrected chi connectivity index (χ4v) is 6.02. The number of benzene rings is 2. The highest BCUT2D eigenvalue weighted by atomic mass is 16.6. The van der Waals surface area contributed by atoms with Gasteiger partial charge in [-0.2, -0.15) is 0 Å². The minimum Gasteiger partial charge on any atom is -0.490 e. The second-order valence-corrected chi connectivity index (χ2v) is 17.5. The molecule has 2 aromatic rings. The van der Waals surface area contributed by atoms with Crippen molar-refractivity contribution in [2.24, 2.45) is 0 Å². The lowest BCUT2D eigenvalue weighted by atomic mass is 9.77. The van der Waals surface area contributed by atoms with E-state index in [0.717, 1.165) is 37.6 Å². The Morgan fingerprint density at radius 1 is 0.543 bits per heavy atom. The SMILES string of the molecule is COC(COc1c(C(C)(C)C)cc(CCc2cc(C(C)(C)C)c(OCC(OC)C3CO3)c(C(C)(C)C)c2)cc1C(C)(C)C)C1CO1. The van der Waals surface area contributed by atoms with Gasteiger partial charge in [0.2, 0.25) is 0 Å². The molecule has 0 amide bonds. The zero-order valence-corrected chi connectivity index (χ0v) is 31.3. The van der Waals surface area contributed by atoms with Crippen LogP contribution in [0.1, 0.15) is 116 Å². The summed E-state index contributed by atoms with van der Waals surface area (Å²) in [6.45, 7) is 29.7. The lowest BCUT2D eigenvalue weighted by Crippen LogP contribution is -2.28. The first-order valence-electron chi connectivity index (χ1n) is 17.1. The number of ether oxygens (including phenoxy) is 6. The molecule has 0 N–H and O–H groups in total. The summed E-state index contributed by atoms with van der Waals surface area (Å²) in [6.07, 6.45) is 1.98. The Morgan fingerprint density at radius 3 is 1.00 bits per heavy atom. The van der Waals surface area contributed by atoms with E-state index in [1.807, 2.05) is 0 Å². The first-order valence-corrected chi connectivity index (χ1v) is 17.1. The number of hydrogen-bond donors (Lipinski definition) is 0. The van der Waals surface area contributed by atoms with Gasteiger partial charge in [-0.1, -0.05) is 107 Å². The Bertz CT molecular complexity index is 1150. The van der Waals surface area contributed by atoms with Crippen LogP contribution in [0, 0.1) is 0 Å². The van der Waals surface area contributed by atoms with E-state index in [1.165, 1.54) is 33.4 Å². The monoisotopic (exact) mass is 638 g/mol. The van der Waals surface area contributed by atoms with Crippen LogP contribution < -0.4 is 9.47 Å². The van der Waals surface area contributed by atoms with Crippen molar-refractivity contribution in [3.05, 3.63) is 57.6 Å². The summed E-state index contributed by atoms with van der Waals surface area (Å²) in [5.74, 6) is 1.98. The van der Waals surface area contributed by atoms with Crippen molar-refractivity contribution in [1.29, 1.82) is 0 Å². The van der Waals surface area contributed by atoms with E-state index in [-0.39, 0.29) is 46.1 Å². The molecule has 2 aliphatic heterocycles. The third kappa shape index (κ3) is 9.27. The summed E-state index contributed by atoms with van der Waals surface area (Å²) in [7, 11) is 3.48. The van der Waals surface area contributed by atoms with Crippen LogP contribution in [0.2, 0.25) is 0 Å². The van der Waals surface area contributed by atoms with Crippen LogP contribution in [0.3, 0.4) is 0 Å². The van der Waals surface area contributed by atoms with Crippen LogP contribution in [0.15, 0.2) is 24.3 Å². The maximum Gasteiger partial charge on any atom is 0.126 e. The molecule has 4 unspecified atom stereocenters. The number of hydrogen-bond acceptors (Lipinski definition) is 6. The fraction of sp³-hybridized carbons (Fsp3) is 0.700. The number of aryl methyl sites for hydroxylation is 2. The molecule has 0 bridgehead atoms. The molecule has 258 valence electrons. The molecule has 0 saturated carbocycles. The van der Waals surface area contributed by atoms with Gasteiger partial charge in [0.1, 0.15) is 49.1 Å². The van der Waals surface area contributed by atoms with Crippen LogP contribution >= 0.6 is 0 Å². The van der Waals surface area contributed by atoms with E-state index >= 15 is 0 Å². The second kappa shape index (κ2) is 13.8. The second-order valence-electron chi connectivity index (χ2n) is 17.5. The van der Waals surface area contributed by atoms with Crippen LogP contribution in [0.4, 0.5) is 0 Å². The van der Waals surface area contributed by atoms with Crippen molar-refractivity contribution < 1.29 is 28.4 Å². The molecular formula is C40H62O6. The zero-order valence-electron chi connectivity index (χ0n) is 31.3. The van der Waals surface area contributed by atoms with E-state index in [9.17, 15) is 0 Å². The quantitative estimate of drug-likeness (QED) is 0.206. The van der Waals surface area contributed by atoms with Gasteiger partial charge in [0.05, 0.1) is 13.2 Å². The Morgan fingerprint density at radius 2 is 0.804 bits per heavy atom. The first kappa shape index (κ1) is 36.7. The summed E-state index contributed by atoms with van der Waals surface area (Å²) in [6, 6.07) is 9.49. The molecule has 2 aromatic carbocycles. The maximum atomic E-state index is 6.64. The van der Waals surface area contributed by atoms with E-state index < -0.39 is 0 Å². The van der Waals surface area contributed by atoms with Gasteiger partial charge in [-0.15, -0.1) is 0 Å². The van der Waals surface area contributed by atoms with Gasteiger partial charge in [0.25, 0.3) is 0 Å². The average molecular weight is 639 g/mol. The zero-order chi connectivity index (χ0) is 34.2. The molecule has 0 spiro atoms. The van der Waals surface area contributed by atoms with E-state index in [0.29, 0.717) is 13.2 Å². The normalized spacial score (nSPS) is 20.0. The van der Waals surface area contributed by atoms with Crippen molar-refractivity contribution >= 4 is 0 Å². The molecule has 6 nitrogen and oxygen atoms in total. The smallest absolute Gasteiger partial charge is 0.126 e. The van der Waals surface area contributed by atoms with Crippen molar-refractivity contribution in [2.45, 2.75) is 142 Å². The molecule has 2 saturated heterocycles. The molecule has 46 heavy (non-hydrogen) atoms. The predicted molar refractivity (Wildman–Crippen MR) is 187 cm³/mol. The van der Waals surface area contributed by atoms with Gasteiger partial charge in [-0.3, -0.25) is 0 Å². The van der Waals surface area contributed by atoms with Crippen LogP contribution in [0.25, 0.3) is 0 Å². The summed E-state index contributed by atoms with van der Waals surface area (Å²) in [5, 5.41) is 0. The van der Waals surface area contributed by atoms with Crippen molar-refractivity contribution in [2.75, 3.05) is 40.6 Å². The van der Waals surface area contributed by atoms with Crippen LogP contribution in [-0.4, -0.2) is 65.1 Å². The molecule has 2 heterocycles. The molecule has 0 aliphatic carbocycles. The molecule has 4 rings (SSSR count). The van der Waals surface area contributed by atoms with Crippen LogP contribution in [0.5, 0.6) is 11.5 Å². The lowest BCUT2D eigenvalue weighted by molar-refractivity contribution is 0.0363. The highest BCUT2D eigenvalue weighted by Gasteiger charge is 2.36. The Hall–Kier alpha value is -2.12. The molecule has 2 fully saturated rings.